The van der Waals surface area contributed by atoms with Gasteiger partial charge in [-0.3, -0.25) is 0 Å². The summed E-state index contributed by atoms with van der Waals surface area (Å²) < 4.78 is 18.2. The summed E-state index contributed by atoms with van der Waals surface area (Å²) >= 11 is 1.25. The van der Waals surface area contributed by atoms with E-state index in [1.54, 1.807) is 6.07 Å². The van der Waals surface area contributed by atoms with Crippen LogP contribution in [0.25, 0.3) is 10.4 Å². The van der Waals surface area contributed by atoms with E-state index in [1.807, 2.05) is 13.8 Å². The Morgan fingerprint density at radius 2 is 2.15 bits per heavy atom. The number of esters is 1. The lowest BCUT2D eigenvalue weighted by Crippen LogP contribution is -2.02. The van der Waals surface area contributed by atoms with E-state index in [2.05, 4.69) is 0 Å². The maximum absolute atomic E-state index is 13.5. The Morgan fingerprint density at radius 1 is 1.45 bits per heavy atom. The number of carbonyl (C=O) groups excluding carboxylic acids is 1. The molecule has 0 atom stereocenters. The number of anilines is 1. The van der Waals surface area contributed by atoms with E-state index in [4.69, 9.17) is 10.5 Å². The first-order chi connectivity index (χ1) is 9.49. The van der Waals surface area contributed by atoms with Gasteiger partial charge in [0.25, 0.3) is 0 Å². The van der Waals surface area contributed by atoms with Crippen molar-refractivity contribution in [1.29, 1.82) is 0 Å². The number of halogens is 1. The van der Waals surface area contributed by atoms with E-state index >= 15 is 0 Å². The van der Waals surface area contributed by atoms with Crippen LogP contribution in [-0.2, 0) is 11.2 Å². The number of hydrogen-bond acceptors (Lipinski definition) is 4. The van der Waals surface area contributed by atoms with Crippen LogP contribution in [0.5, 0.6) is 0 Å². The zero-order valence-electron chi connectivity index (χ0n) is 11.6. The topological polar surface area (TPSA) is 52.3 Å². The molecule has 1 aromatic carbocycles. The minimum absolute atomic E-state index is 0.306. The van der Waals surface area contributed by atoms with Crippen LogP contribution in [0.15, 0.2) is 18.2 Å². The molecule has 0 aliphatic rings. The number of methoxy groups -OCH3 is 1. The fourth-order valence-corrected chi connectivity index (χ4v) is 3.44. The smallest absolute Gasteiger partial charge is 0.350 e. The molecule has 20 heavy (non-hydrogen) atoms. The standard InChI is InChI=1S/C15H16FNO2S/c1-4-10-12(17)14(15(18)19-3)20-13(10)11-7-9(16)6-5-8(11)2/h5-7H,4,17H2,1-3H3. The summed E-state index contributed by atoms with van der Waals surface area (Å²) in [5.41, 5.74) is 9.05. The van der Waals surface area contributed by atoms with Gasteiger partial charge in [0.1, 0.15) is 10.7 Å². The van der Waals surface area contributed by atoms with Crippen molar-refractivity contribution >= 4 is 23.0 Å². The number of nitrogen functional groups attached to an aromatic ring is 1. The van der Waals surface area contributed by atoms with Gasteiger partial charge in [0.05, 0.1) is 12.8 Å². The zero-order chi connectivity index (χ0) is 14.9. The highest BCUT2D eigenvalue weighted by molar-refractivity contribution is 7.18. The van der Waals surface area contributed by atoms with E-state index < -0.39 is 5.97 Å². The van der Waals surface area contributed by atoms with Gasteiger partial charge in [-0.2, -0.15) is 0 Å². The second kappa shape index (κ2) is 5.63. The minimum Gasteiger partial charge on any atom is -0.465 e. The number of rotatable bonds is 3. The average molecular weight is 293 g/mol. The van der Waals surface area contributed by atoms with Crippen LogP contribution in [0.3, 0.4) is 0 Å². The molecule has 106 valence electrons. The molecule has 2 N–H and O–H groups in total. The van der Waals surface area contributed by atoms with Gasteiger partial charge in [-0.25, -0.2) is 9.18 Å². The Balaban J connectivity index is 2.68. The average Bonchev–Trinajstić information content (AvgIpc) is 2.77. The van der Waals surface area contributed by atoms with Crippen LogP contribution >= 0.6 is 11.3 Å². The summed E-state index contributed by atoms with van der Waals surface area (Å²) in [5, 5.41) is 0. The van der Waals surface area contributed by atoms with Gasteiger partial charge >= 0.3 is 5.97 Å². The van der Waals surface area contributed by atoms with Crippen molar-refractivity contribution in [2.75, 3.05) is 12.8 Å². The number of nitrogens with two attached hydrogens (primary N) is 1. The van der Waals surface area contributed by atoms with E-state index in [-0.39, 0.29) is 5.82 Å². The SMILES string of the molecule is CCc1c(-c2cc(F)ccc2C)sc(C(=O)OC)c1N. The molecule has 0 saturated heterocycles. The Kier molecular flexibility index (Phi) is 4.09. The first-order valence-corrected chi connectivity index (χ1v) is 7.07. The lowest BCUT2D eigenvalue weighted by molar-refractivity contribution is 0.0607. The number of aryl methyl sites for hydroxylation is 1. The molecule has 5 heteroatoms. The zero-order valence-corrected chi connectivity index (χ0v) is 12.4. The van der Waals surface area contributed by atoms with Crippen molar-refractivity contribution in [2.45, 2.75) is 20.3 Å². The highest BCUT2D eigenvalue weighted by Gasteiger charge is 2.22. The molecule has 0 aliphatic carbocycles. The molecule has 0 spiro atoms. The first kappa shape index (κ1) is 14.5. The molecule has 0 aliphatic heterocycles. The van der Waals surface area contributed by atoms with Crippen LogP contribution in [-0.4, -0.2) is 13.1 Å². The maximum Gasteiger partial charge on any atom is 0.350 e. The highest BCUT2D eigenvalue weighted by Crippen LogP contribution is 2.40. The fourth-order valence-electron chi connectivity index (χ4n) is 2.13. The number of ether oxygens (including phenoxy) is 1. The molecule has 0 radical (unpaired) electrons. The number of carbonyl (C=O) groups is 1. The quantitative estimate of drug-likeness (QED) is 0.876. The third kappa shape index (κ3) is 2.41. The predicted molar refractivity (Wildman–Crippen MR) is 79.6 cm³/mol. The Morgan fingerprint density at radius 3 is 2.75 bits per heavy atom. The van der Waals surface area contributed by atoms with Gasteiger partial charge in [0.2, 0.25) is 0 Å². The van der Waals surface area contributed by atoms with E-state index in [0.717, 1.165) is 21.6 Å². The third-order valence-electron chi connectivity index (χ3n) is 3.22. The van der Waals surface area contributed by atoms with Gasteiger partial charge < -0.3 is 10.5 Å². The number of benzene rings is 1. The first-order valence-electron chi connectivity index (χ1n) is 6.25. The second-order valence-corrected chi connectivity index (χ2v) is 5.48. The van der Waals surface area contributed by atoms with E-state index in [1.165, 1.54) is 30.6 Å². The highest BCUT2D eigenvalue weighted by atomic mass is 32.1. The minimum atomic E-state index is -0.456. The van der Waals surface area contributed by atoms with E-state index in [0.29, 0.717) is 17.0 Å². The van der Waals surface area contributed by atoms with Gasteiger partial charge in [-0.15, -0.1) is 11.3 Å². The molecular formula is C15H16FNO2S. The van der Waals surface area contributed by atoms with E-state index in [9.17, 15) is 9.18 Å². The van der Waals surface area contributed by atoms with Crippen molar-refractivity contribution < 1.29 is 13.9 Å². The molecule has 0 fully saturated rings. The number of hydrogen-bond donors (Lipinski definition) is 1. The lowest BCUT2D eigenvalue weighted by atomic mass is 10.0. The predicted octanol–water partition coefficient (Wildman–Crippen LogP) is 3.79. The van der Waals surface area contributed by atoms with Crippen molar-refractivity contribution in [3.8, 4) is 10.4 Å². The molecule has 1 aromatic heterocycles. The largest absolute Gasteiger partial charge is 0.465 e. The monoisotopic (exact) mass is 293 g/mol. The molecule has 0 amide bonds. The molecule has 0 bridgehead atoms. The summed E-state index contributed by atoms with van der Waals surface area (Å²) in [6.45, 7) is 3.86. The van der Waals surface area contributed by atoms with Gasteiger partial charge in [0.15, 0.2) is 0 Å². The van der Waals surface area contributed by atoms with Crippen molar-refractivity contribution in [3.05, 3.63) is 40.0 Å². The fraction of sp³-hybridized carbons (Fsp3) is 0.267. The summed E-state index contributed by atoms with van der Waals surface area (Å²) in [5.74, 6) is -0.762. The molecule has 2 aromatic rings. The van der Waals surface area contributed by atoms with Crippen molar-refractivity contribution in [1.82, 2.24) is 0 Å². The Hall–Kier alpha value is -1.88. The molecule has 1 heterocycles. The summed E-state index contributed by atoms with van der Waals surface area (Å²) in [7, 11) is 1.32. The Bertz CT molecular complexity index is 664. The van der Waals surface area contributed by atoms with Crippen molar-refractivity contribution in [2.24, 2.45) is 0 Å². The van der Waals surface area contributed by atoms with Gasteiger partial charge in [-0.05, 0) is 42.2 Å². The Labute approximate surface area is 121 Å². The van der Waals surface area contributed by atoms with Gasteiger partial charge in [0, 0.05) is 4.88 Å². The lowest BCUT2D eigenvalue weighted by Gasteiger charge is -2.06. The number of thiophene rings is 1. The third-order valence-corrected chi connectivity index (χ3v) is 4.48. The van der Waals surface area contributed by atoms with Crippen LogP contribution in [0.1, 0.15) is 27.7 Å². The summed E-state index contributed by atoms with van der Waals surface area (Å²) in [4.78, 5) is 12.9. The van der Waals surface area contributed by atoms with Crippen molar-refractivity contribution in [3.63, 3.8) is 0 Å². The second-order valence-electron chi connectivity index (χ2n) is 4.46. The molecular weight excluding hydrogens is 277 g/mol. The van der Waals surface area contributed by atoms with Gasteiger partial charge in [-0.1, -0.05) is 13.0 Å². The summed E-state index contributed by atoms with van der Waals surface area (Å²) in [6, 6.07) is 4.61. The molecule has 2 rings (SSSR count). The van der Waals surface area contributed by atoms with Crippen LogP contribution in [0.4, 0.5) is 10.1 Å². The normalized spacial score (nSPS) is 10.6. The van der Waals surface area contributed by atoms with Crippen LogP contribution in [0.2, 0.25) is 0 Å². The maximum atomic E-state index is 13.5. The summed E-state index contributed by atoms with van der Waals surface area (Å²) in [6.07, 6.45) is 0.671. The van der Waals surface area contributed by atoms with Crippen LogP contribution < -0.4 is 5.73 Å². The molecule has 3 nitrogen and oxygen atoms in total. The van der Waals surface area contributed by atoms with Crippen LogP contribution in [0, 0.1) is 12.7 Å². The molecule has 0 saturated carbocycles. The molecule has 0 unspecified atom stereocenters.